The van der Waals surface area contributed by atoms with Crippen molar-refractivity contribution in [3.63, 3.8) is 0 Å². The molecule has 140 valence electrons. The number of carbonyl (C=O) groups is 1. The molecular weight excluding hydrogens is 355 g/mol. The van der Waals surface area contributed by atoms with E-state index in [0.29, 0.717) is 30.0 Å². The first-order valence-electron chi connectivity index (χ1n) is 9.01. The number of hydrogen-bond acceptors (Lipinski definition) is 3. The fraction of sp³-hybridized carbons (Fsp3) is 0.474. The minimum atomic E-state index is -0.734. The van der Waals surface area contributed by atoms with Crippen LogP contribution in [0.15, 0.2) is 36.7 Å². The lowest BCUT2D eigenvalue weighted by atomic mass is 9.86. The molecule has 0 spiro atoms. The molecule has 0 radical (unpaired) electrons. The van der Waals surface area contributed by atoms with E-state index in [2.05, 4.69) is 10.4 Å². The maximum absolute atomic E-state index is 14.3. The van der Waals surface area contributed by atoms with Gasteiger partial charge in [-0.2, -0.15) is 5.10 Å². The summed E-state index contributed by atoms with van der Waals surface area (Å²) in [4.78, 5) is 15.3. The standard InChI is InChI=1S/C19H24ClFN4O/c1-2-12-24(14-15-16(20)5-3-6-17(15)21)18(26)19(7-10-22-11-8-19)25-13-4-9-23-25/h3-6,9,13,22H,2,7-8,10-12,14H2,1H3. The number of nitrogens with zero attached hydrogens (tertiary/aromatic N) is 3. The first-order chi connectivity index (χ1) is 12.6. The van der Waals surface area contributed by atoms with Crippen molar-refractivity contribution in [3.05, 3.63) is 53.1 Å². The van der Waals surface area contributed by atoms with Crippen LogP contribution in [0.3, 0.4) is 0 Å². The van der Waals surface area contributed by atoms with Gasteiger partial charge < -0.3 is 10.2 Å². The Bertz CT molecular complexity index is 724. The lowest BCUT2D eigenvalue weighted by Crippen LogP contribution is -2.55. The second kappa shape index (κ2) is 8.18. The second-order valence-electron chi connectivity index (χ2n) is 6.66. The fourth-order valence-electron chi connectivity index (χ4n) is 3.59. The van der Waals surface area contributed by atoms with Crippen molar-refractivity contribution in [1.29, 1.82) is 0 Å². The first-order valence-corrected chi connectivity index (χ1v) is 9.39. The smallest absolute Gasteiger partial charge is 0.250 e. The van der Waals surface area contributed by atoms with Gasteiger partial charge in [-0.15, -0.1) is 0 Å². The lowest BCUT2D eigenvalue weighted by Gasteiger charge is -2.40. The normalized spacial score (nSPS) is 16.4. The van der Waals surface area contributed by atoms with Gasteiger partial charge in [0.05, 0.1) is 6.54 Å². The Hall–Kier alpha value is -1.92. The summed E-state index contributed by atoms with van der Waals surface area (Å²) < 4.78 is 16.0. The summed E-state index contributed by atoms with van der Waals surface area (Å²) >= 11 is 6.19. The van der Waals surface area contributed by atoms with E-state index in [9.17, 15) is 9.18 Å². The van der Waals surface area contributed by atoms with E-state index in [1.165, 1.54) is 6.07 Å². The van der Waals surface area contributed by atoms with Gasteiger partial charge in [-0.1, -0.05) is 24.6 Å². The lowest BCUT2D eigenvalue weighted by molar-refractivity contribution is -0.144. The molecule has 1 saturated heterocycles. The maximum atomic E-state index is 14.3. The van der Waals surface area contributed by atoms with Crippen LogP contribution in [0.2, 0.25) is 5.02 Å². The summed E-state index contributed by atoms with van der Waals surface area (Å²) in [6, 6.07) is 6.44. The van der Waals surface area contributed by atoms with Crippen LogP contribution in [0.1, 0.15) is 31.7 Å². The average Bonchev–Trinajstić information content (AvgIpc) is 3.19. The Morgan fingerprint density at radius 1 is 1.38 bits per heavy atom. The van der Waals surface area contributed by atoms with Crippen molar-refractivity contribution in [3.8, 4) is 0 Å². The highest BCUT2D eigenvalue weighted by molar-refractivity contribution is 6.31. The maximum Gasteiger partial charge on any atom is 0.250 e. The summed E-state index contributed by atoms with van der Waals surface area (Å²) in [5, 5.41) is 8.01. The number of carbonyl (C=O) groups excluding carboxylic acids is 1. The van der Waals surface area contributed by atoms with Gasteiger partial charge in [-0.05, 0) is 50.6 Å². The Morgan fingerprint density at radius 2 is 2.15 bits per heavy atom. The highest BCUT2D eigenvalue weighted by Crippen LogP contribution is 2.31. The molecule has 1 N–H and O–H groups in total. The molecular formula is C19H24ClFN4O. The minimum Gasteiger partial charge on any atom is -0.336 e. The number of rotatable bonds is 6. The summed E-state index contributed by atoms with van der Waals surface area (Å²) in [5.74, 6) is -0.409. The number of halogens is 2. The quantitative estimate of drug-likeness (QED) is 0.839. The van der Waals surface area contributed by atoms with Crippen LogP contribution in [0.25, 0.3) is 0 Å². The van der Waals surface area contributed by atoms with Gasteiger partial charge in [0.1, 0.15) is 11.4 Å². The van der Waals surface area contributed by atoms with E-state index in [-0.39, 0.29) is 18.3 Å². The number of piperidine rings is 1. The van der Waals surface area contributed by atoms with E-state index >= 15 is 0 Å². The zero-order valence-electron chi connectivity index (χ0n) is 14.9. The Morgan fingerprint density at radius 3 is 2.77 bits per heavy atom. The van der Waals surface area contributed by atoms with E-state index in [4.69, 9.17) is 11.6 Å². The average molecular weight is 379 g/mol. The molecule has 26 heavy (non-hydrogen) atoms. The number of aromatic nitrogens is 2. The van der Waals surface area contributed by atoms with Gasteiger partial charge in [0.25, 0.3) is 5.91 Å². The van der Waals surface area contributed by atoms with Crippen LogP contribution >= 0.6 is 11.6 Å². The van der Waals surface area contributed by atoms with Crippen molar-refractivity contribution < 1.29 is 9.18 Å². The molecule has 1 aromatic carbocycles. The van der Waals surface area contributed by atoms with Crippen LogP contribution in [-0.4, -0.2) is 40.2 Å². The van der Waals surface area contributed by atoms with Crippen LogP contribution in [0.5, 0.6) is 0 Å². The zero-order chi connectivity index (χ0) is 18.6. The van der Waals surface area contributed by atoms with Crippen LogP contribution in [-0.2, 0) is 16.9 Å². The Kier molecular flexibility index (Phi) is 5.94. The van der Waals surface area contributed by atoms with Crippen LogP contribution < -0.4 is 5.32 Å². The van der Waals surface area contributed by atoms with E-state index < -0.39 is 5.54 Å². The first kappa shape index (κ1) is 18.9. The molecule has 7 heteroatoms. The SMILES string of the molecule is CCCN(Cc1c(F)cccc1Cl)C(=O)C1(n2cccn2)CCNCC1. The highest BCUT2D eigenvalue weighted by Gasteiger charge is 2.44. The number of amides is 1. The molecule has 1 amide bonds. The zero-order valence-corrected chi connectivity index (χ0v) is 15.7. The summed E-state index contributed by atoms with van der Waals surface area (Å²) in [5.41, 5.74) is -0.373. The summed E-state index contributed by atoms with van der Waals surface area (Å²) in [7, 11) is 0. The number of hydrogen-bond donors (Lipinski definition) is 1. The molecule has 3 rings (SSSR count). The molecule has 1 fully saturated rings. The molecule has 2 heterocycles. The number of benzene rings is 1. The molecule has 5 nitrogen and oxygen atoms in total. The third-order valence-corrected chi connectivity index (χ3v) is 5.32. The van der Waals surface area contributed by atoms with Crippen LogP contribution in [0, 0.1) is 5.82 Å². The Balaban J connectivity index is 1.94. The fourth-order valence-corrected chi connectivity index (χ4v) is 3.82. The molecule has 0 bridgehead atoms. The largest absolute Gasteiger partial charge is 0.336 e. The van der Waals surface area contributed by atoms with Crippen molar-refractivity contribution in [1.82, 2.24) is 20.0 Å². The third kappa shape index (κ3) is 3.62. The molecule has 1 aromatic heterocycles. The molecule has 0 unspecified atom stereocenters. The predicted octanol–water partition coefficient (Wildman–Crippen LogP) is 3.19. The van der Waals surface area contributed by atoms with Gasteiger partial charge in [0, 0.05) is 29.5 Å². The topological polar surface area (TPSA) is 50.2 Å². The molecule has 2 aromatic rings. The molecule has 1 aliphatic rings. The van der Waals surface area contributed by atoms with Crippen molar-refractivity contribution >= 4 is 17.5 Å². The Labute approximate surface area is 158 Å². The van der Waals surface area contributed by atoms with Gasteiger partial charge >= 0.3 is 0 Å². The number of nitrogens with one attached hydrogen (secondary N) is 1. The van der Waals surface area contributed by atoms with Gasteiger partial charge in [-0.3, -0.25) is 9.48 Å². The summed E-state index contributed by atoms with van der Waals surface area (Å²) in [6.07, 6.45) is 5.61. The molecule has 0 atom stereocenters. The van der Waals surface area contributed by atoms with E-state index in [1.807, 2.05) is 19.2 Å². The van der Waals surface area contributed by atoms with Crippen molar-refractivity contribution in [2.45, 2.75) is 38.3 Å². The summed E-state index contributed by atoms with van der Waals surface area (Å²) in [6.45, 7) is 4.19. The van der Waals surface area contributed by atoms with Gasteiger partial charge in [0.15, 0.2) is 0 Å². The minimum absolute atomic E-state index is 0.0242. The highest BCUT2D eigenvalue weighted by atomic mass is 35.5. The van der Waals surface area contributed by atoms with Gasteiger partial charge in [0.2, 0.25) is 0 Å². The van der Waals surface area contributed by atoms with Crippen LogP contribution in [0.4, 0.5) is 4.39 Å². The van der Waals surface area contributed by atoms with Gasteiger partial charge in [-0.25, -0.2) is 4.39 Å². The molecule has 0 aliphatic carbocycles. The monoisotopic (exact) mass is 378 g/mol. The van der Waals surface area contributed by atoms with Crippen molar-refractivity contribution in [2.24, 2.45) is 0 Å². The van der Waals surface area contributed by atoms with Crippen molar-refractivity contribution in [2.75, 3.05) is 19.6 Å². The third-order valence-electron chi connectivity index (χ3n) is 4.96. The van der Waals surface area contributed by atoms with E-state index in [0.717, 1.165) is 19.5 Å². The molecule has 0 saturated carbocycles. The van der Waals surface area contributed by atoms with E-state index in [1.54, 1.807) is 27.9 Å². The molecule has 1 aliphatic heterocycles. The predicted molar refractivity (Wildman–Crippen MR) is 99.4 cm³/mol. The second-order valence-corrected chi connectivity index (χ2v) is 7.07.